The van der Waals surface area contributed by atoms with Gasteiger partial charge in [-0.3, -0.25) is 0 Å². The summed E-state index contributed by atoms with van der Waals surface area (Å²) in [6, 6.07) is 5.27. The molecular weight excluding hydrogens is 354 g/mol. The molecule has 1 aromatic rings. The number of hydrogen-bond donors (Lipinski definition) is 2. The fourth-order valence-corrected chi connectivity index (χ4v) is 3.36. The lowest BCUT2D eigenvalue weighted by molar-refractivity contribution is 0.268. The van der Waals surface area contributed by atoms with Gasteiger partial charge in [0.2, 0.25) is 10.0 Å². The van der Waals surface area contributed by atoms with Crippen LogP contribution in [0.3, 0.4) is 0 Å². The van der Waals surface area contributed by atoms with Crippen LogP contribution in [0.1, 0.15) is 26.7 Å². The number of hydrogen-bond acceptors (Lipinski definition) is 4. The van der Waals surface area contributed by atoms with Crippen LogP contribution in [0.5, 0.6) is 0 Å². The molecule has 120 valence electrons. The number of rotatable bonds is 8. The van der Waals surface area contributed by atoms with Gasteiger partial charge in [0, 0.05) is 17.1 Å². The first kappa shape index (κ1) is 18.4. The molecule has 0 spiro atoms. The summed E-state index contributed by atoms with van der Waals surface area (Å²) in [6.07, 6.45) is 1.75. The summed E-state index contributed by atoms with van der Waals surface area (Å²) < 4.78 is 27.7. The van der Waals surface area contributed by atoms with E-state index in [0.717, 1.165) is 23.9 Å². The minimum atomic E-state index is -3.53. The minimum Gasteiger partial charge on any atom is -0.398 e. The number of nitrogen functional groups attached to an aromatic ring is 1. The lowest BCUT2D eigenvalue weighted by Crippen LogP contribution is -2.29. The molecule has 0 aliphatic heterocycles. The Kier molecular flexibility index (Phi) is 7.12. The molecule has 0 bridgehead atoms. The van der Waals surface area contributed by atoms with Crippen molar-refractivity contribution < 1.29 is 8.42 Å². The van der Waals surface area contributed by atoms with Gasteiger partial charge >= 0.3 is 0 Å². The molecular formula is C14H24BrN3O2S. The van der Waals surface area contributed by atoms with Crippen molar-refractivity contribution in [1.29, 1.82) is 0 Å². The van der Waals surface area contributed by atoms with Crippen molar-refractivity contribution in [3.8, 4) is 0 Å². The van der Waals surface area contributed by atoms with Gasteiger partial charge in [-0.15, -0.1) is 0 Å². The standard InChI is InChI=1S/C14H24BrN3O2S/c1-11(2)18(3)9-5-4-8-17-21(19,20)14-7-6-12(15)10-13(14)16/h6-7,10-11,17H,4-5,8-9,16H2,1-3H3. The molecule has 3 N–H and O–H groups in total. The lowest BCUT2D eigenvalue weighted by atomic mass is 10.2. The number of nitrogens with zero attached hydrogens (tertiary/aromatic N) is 1. The van der Waals surface area contributed by atoms with Crippen LogP contribution in [0.15, 0.2) is 27.6 Å². The Balaban J connectivity index is 2.47. The monoisotopic (exact) mass is 377 g/mol. The van der Waals surface area contributed by atoms with Crippen LogP contribution in [-0.2, 0) is 10.0 Å². The van der Waals surface area contributed by atoms with Crippen molar-refractivity contribution in [2.24, 2.45) is 0 Å². The van der Waals surface area contributed by atoms with Crippen molar-refractivity contribution in [1.82, 2.24) is 9.62 Å². The average Bonchev–Trinajstić information content (AvgIpc) is 2.37. The summed E-state index contributed by atoms with van der Waals surface area (Å²) in [6.45, 7) is 5.65. The largest absolute Gasteiger partial charge is 0.398 e. The van der Waals surface area contributed by atoms with E-state index >= 15 is 0 Å². The van der Waals surface area contributed by atoms with E-state index in [1.807, 2.05) is 0 Å². The van der Waals surface area contributed by atoms with Gasteiger partial charge in [0.25, 0.3) is 0 Å². The third-order valence-electron chi connectivity index (χ3n) is 3.37. The van der Waals surface area contributed by atoms with Crippen molar-refractivity contribution in [3.05, 3.63) is 22.7 Å². The summed E-state index contributed by atoms with van der Waals surface area (Å²) in [4.78, 5) is 2.37. The van der Waals surface area contributed by atoms with E-state index in [2.05, 4.69) is 46.4 Å². The fraction of sp³-hybridized carbons (Fsp3) is 0.571. The maximum Gasteiger partial charge on any atom is 0.242 e. The minimum absolute atomic E-state index is 0.130. The van der Waals surface area contributed by atoms with Gasteiger partial charge in [-0.05, 0) is 58.5 Å². The van der Waals surface area contributed by atoms with Gasteiger partial charge in [-0.2, -0.15) is 0 Å². The average molecular weight is 378 g/mol. The molecule has 0 aliphatic rings. The molecule has 0 saturated heterocycles. The number of halogens is 1. The Bertz CT molecular complexity index is 561. The Morgan fingerprint density at radius 1 is 1.33 bits per heavy atom. The highest BCUT2D eigenvalue weighted by molar-refractivity contribution is 9.10. The summed E-state index contributed by atoms with van der Waals surface area (Å²) in [5.74, 6) is 0. The Morgan fingerprint density at radius 2 is 2.00 bits per heavy atom. The highest BCUT2D eigenvalue weighted by Gasteiger charge is 2.16. The van der Waals surface area contributed by atoms with Crippen molar-refractivity contribution in [2.45, 2.75) is 37.6 Å². The molecule has 0 aliphatic carbocycles. The molecule has 7 heteroatoms. The quantitative estimate of drug-likeness (QED) is 0.538. The van der Waals surface area contributed by atoms with Gasteiger partial charge < -0.3 is 10.6 Å². The first-order chi connectivity index (χ1) is 9.74. The second-order valence-electron chi connectivity index (χ2n) is 5.36. The van der Waals surface area contributed by atoms with E-state index in [-0.39, 0.29) is 10.6 Å². The molecule has 1 aromatic carbocycles. The second kappa shape index (κ2) is 8.12. The van der Waals surface area contributed by atoms with Crippen LogP contribution in [0.2, 0.25) is 0 Å². The van der Waals surface area contributed by atoms with E-state index in [9.17, 15) is 8.42 Å². The first-order valence-corrected chi connectivity index (χ1v) is 9.26. The van der Waals surface area contributed by atoms with Crippen molar-refractivity contribution in [2.75, 3.05) is 25.9 Å². The molecule has 0 amide bonds. The number of anilines is 1. The van der Waals surface area contributed by atoms with Gasteiger partial charge in [0.05, 0.1) is 5.69 Å². The predicted molar refractivity (Wildman–Crippen MR) is 90.7 cm³/mol. The van der Waals surface area contributed by atoms with E-state index < -0.39 is 10.0 Å². The zero-order valence-electron chi connectivity index (χ0n) is 12.8. The number of benzene rings is 1. The van der Waals surface area contributed by atoms with Crippen LogP contribution in [-0.4, -0.2) is 39.5 Å². The molecule has 0 fully saturated rings. The second-order valence-corrected chi connectivity index (χ2v) is 8.01. The summed E-state index contributed by atoms with van der Waals surface area (Å²) in [5.41, 5.74) is 6.00. The summed E-state index contributed by atoms with van der Waals surface area (Å²) in [5, 5.41) is 0. The molecule has 0 heterocycles. The molecule has 5 nitrogen and oxygen atoms in total. The maximum atomic E-state index is 12.2. The third-order valence-corrected chi connectivity index (χ3v) is 5.40. The van der Waals surface area contributed by atoms with E-state index in [1.54, 1.807) is 12.1 Å². The Hall–Kier alpha value is -0.630. The molecule has 0 radical (unpaired) electrons. The zero-order valence-corrected chi connectivity index (χ0v) is 15.2. The number of nitrogens with two attached hydrogens (primary N) is 1. The molecule has 0 aromatic heterocycles. The third kappa shape index (κ3) is 5.94. The highest BCUT2D eigenvalue weighted by Crippen LogP contribution is 2.22. The highest BCUT2D eigenvalue weighted by atomic mass is 79.9. The van der Waals surface area contributed by atoms with Crippen molar-refractivity contribution in [3.63, 3.8) is 0 Å². The van der Waals surface area contributed by atoms with Gasteiger partial charge in [0.1, 0.15) is 4.90 Å². The van der Waals surface area contributed by atoms with Crippen molar-refractivity contribution >= 4 is 31.6 Å². The molecule has 0 atom stereocenters. The maximum absolute atomic E-state index is 12.2. The van der Waals surface area contributed by atoms with E-state index in [1.165, 1.54) is 6.07 Å². The van der Waals surface area contributed by atoms with E-state index in [0.29, 0.717) is 12.6 Å². The predicted octanol–water partition coefficient (Wildman–Crippen LogP) is 2.43. The number of nitrogens with one attached hydrogen (secondary N) is 1. The van der Waals surface area contributed by atoms with Gasteiger partial charge in [-0.1, -0.05) is 15.9 Å². The lowest BCUT2D eigenvalue weighted by Gasteiger charge is -2.20. The van der Waals surface area contributed by atoms with Crippen LogP contribution in [0.25, 0.3) is 0 Å². The van der Waals surface area contributed by atoms with Crippen LogP contribution in [0.4, 0.5) is 5.69 Å². The first-order valence-electron chi connectivity index (χ1n) is 6.99. The number of unbranched alkanes of at least 4 members (excludes halogenated alkanes) is 1. The SMILES string of the molecule is CC(C)N(C)CCCCNS(=O)(=O)c1ccc(Br)cc1N. The molecule has 0 saturated carbocycles. The van der Waals surface area contributed by atoms with Crippen LogP contribution >= 0.6 is 15.9 Å². The Labute approximate surface area is 136 Å². The molecule has 21 heavy (non-hydrogen) atoms. The van der Waals surface area contributed by atoms with Gasteiger partial charge in [-0.25, -0.2) is 13.1 Å². The smallest absolute Gasteiger partial charge is 0.242 e. The fourth-order valence-electron chi connectivity index (χ4n) is 1.79. The zero-order chi connectivity index (χ0) is 16.0. The van der Waals surface area contributed by atoms with Gasteiger partial charge in [0.15, 0.2) is 0 Å². The Morgan fingerprint density at radius 3 is 2.57 bits per heavy atom. The number of sulfonamides is 1. The summed E-state index contributed by atoms with van der Waals surface area (Å²) in [7, 11) is -1.47. The van der Waals surface area contributed by atoms with E-state index in [4.69, 9.17) is 5.73 Å². The molecule has 0 unspecified atom stereocenters. The summed E-state index contributed by atoms with van der Waals surface area (Å²) >= 11 is 3.26. The van der Waals surface area contributed by atoms with Crippen LogP contribution < -0.4 is 10.5 Å². The topological polar surface area (TPSA) is 75.4 Å². The normalized spacial score (nSPS) is 12.3. The van der Waals surface area contributed by atoms with Crippen LogP contribution in [0, 0.1) is 0 Å². The molecule has 1 rings (SSSR count).